The largest absolute Gasteiger partial charge is 0.355 e. The molecule has 2 heterocycles. The molecule has 1 aliphatic carbocycles. The minimum absolute atomic E-state index is 0.0360. The highest BCUT2D eigenvalue weighted by molar-refractivity contribution is 5.89. The summed E-state index contributed by atoms with van der Waals surface area (Å²) in [6.45, 7) is 1.72. The lowest BCUT2D eigenvalue weighted by molar-refractivity contribution is -0.141. The van der Waals surface area contributed by atoms with Crippen LogP contribution in [0.2, 0.25) is 0 Å². The van der Waals surface area contributed by atoms with Crippen LogP contribution in [0.15, 0.2) is 54.6 Å². The molecule has 1 spiro atoms. The summed E-state index contributed by atoms with van der Waals surface area (Å²) in [5, 5.41) is 2.95. The lowest BCUT2D eigenvalue weighted by atomic mass is 9.62. The second-order valence-corrected chi connectivity index (χ2v) is 9.86. The van der Waals surface area contributed by atoms with Crippen LogP contribution in [0.5, 0.6) is 0 Å². The number of rotatable bonds is 3. The van der Waals surface area contributed by atoms with Gasteiger partial charge in [0.05, 0.1) is 5.41 Å². The molecule has 1 unspecified atom stereocenters. The molecule has 32 heavy (non-hydrogen) atoms. The Balaban J connectivity index is 1.39. The fraction of sp³-hybridized carbons (Fsp3) is 0.481. The van der Waals surface area contributed by atoms with E-state index in [1.54, 1.807) is 6.07 Å². The molecule has 5 heteroatoms. The van der Waals surface area contributed by atoms with Gasteiger partial charge in [0.15, 0.2) is 0 Å². The molecule has 0 aromatic heterocycles. The molecule has 5 rings (SSSR count). The molecule has 168 valence electrons. The summed E-state index contributed by atoms with van der Waals surface area (Å²) in [5.41, 5.74) is 1.10. The van der Waals surface area contributed by atoms with Crippen LogP contribution in [0, 0.1) is 11.2 Å². The van der Waals surface area contributed by atoms with E-state index >= 15 is 0 Å². The van der Waals surface area contributed by atoms with Crippen LogP contribution in [0.25, 0.3) is 0 Å². The zero-order valence-corrected chi connectivity index (χ0v) is 18.5. The number of likely N-dealkylation sites (tertiary alicyclic amines) is 1. The molecule has 0 radical (unpaired) electrons. The molecule has 1 atom stereocenters. The number of halogens is 1. The summed E-state index contributed by atoms with van der Waals surface area (Å²) in [6, 6.07) is 17.1. The second kappa shape index (κ2) is 8.34. The number of piperidine rings is 2. The maximum atomic E-state index is 14.7. The average Bonchev–Trinajstić information content (AvgIpc) is 3.32. The summed E-state index contributed by atoms with van der Waals surface area (Å²) in [7, 11) is 0. The Morgan fingerprint density at radius 2 is 1.59 bits per heavy atom. The van der Waals surface area contributed by atoms with Crippen molar-refractivity contribution in [3.63, 3.8) is 0 Å². The van der Waals surface area contributed by atoms with Crippen molar-refractivity contribution < 1.29 is 14.0 Å². The van der Waals surface area contributed by atoms with Crippen LogP contribution < -0.4 is 5.32 Å². The summed E-state index contributed by atoms with van der Waals surface area (Å²) < 4.78 is 14.7. The maximum absolute atomic E-state index is 14.7. The van der Waals surface area contributed by atoms with Gasteiger partial charge in [0.1, 0.15) is 5.82 Å². The highest BCUT2D eigenvalue weighted by Gasteiger charge is 2.50. The van der Waals surface area contributed by atoms with E-state index in [0.717, 1.165) is 44.1 Å². The molecule has 4 nitrogen and oxygen atoms in total. The molecule has 2 saturated heterocycles. The second-order valence-electron chi connectivity index (χ2n) is 9.86. The number of hydrogen-bond acceptors (Lipinski definition) is 2. The molecule has 2 aromatic rings. The van der Waals surface area contributed by atoms with Crippen molar-refractivity contribution in [2.24, 2.45) is 5.41 Å². The van der Waals surface area contributed by atoms with Gasteiger partial charge in [-0.25, -0.2) is 4.39 Å². The Hall–Kier alpha value is -2.69. The molecule has 2 aliphatic heterocycles. The first-order valence-corrected chi connectivity index (χ1v) is 11.9. The number of carbonyl (C=O) groups is 2. The SMILES string of the molecule is O=C1CC2(CCN(C(=O)C3(c4ccccc4)CCCC3)CC2)C(c2ccccc2F)CN1. The summed E-state index contributed by atoms with van der Waals surface area (Å²) in [5.74, 6) is 0.00130. The van der Waals surface area contributed by atoms with E-state index < -0.39 is 5.41 Å². The molecule has 3 aliphatic rings. The van der Waals surface area contributed by atoms with Crippen LogP contribution in [0.1, 0.15) is 62.0 Å². The van der Waals surface area contributed by atoms with Gasteiger partial charge in [-0.15, -0.1) is 0 Å². The predicted octanol–water partition coefficient (Wildman–Crippen LogP) is 4.55. The van der Waals surface area contributed by atoms with Crippen LogP contribution in [0.3, 0.4) is 0 Å². The summed E-state index contributed by atoms with van der Waals surface area (Å²) >= 11 is 0. The van der Waals surface area contributed by atoms with Crippen LogP contribution >= 0.6 is 0 Å². The first-order chi connectivity index (χ1) is 15.5. The Morgan fingerprint density at radius 1 is 0.938 bits per heavy atom. The summed E-state index contributed by atoms with van der Waals surface area (Å²) in [6.07, 6.45) is 5.82. The fourth-order valence-corrected chi connectivity index (χ4v) is 6.48. The van der Waals surface area contributed by atoms with Crippen molar-refractivity contribution in [1.29, 1.82) is 0 Å². The highest BCUT2D eigenvalue weighted by Crippen LogP contribution is 2.50. The third-order valence-corrected chi connectivity index (χ3v) is 8.28. The topological polar surface area (TPSA) is 49.4 Å². The maximum Gasteiger partial charge on any atom is 0.233 e. The molecule has 1 N–H and O–H groups in total. The van der Waals surface area contributed by atoms with Gasteiger partial charge in [-0.05, 0) is 48.3 Å². The zero-order chi connectivity index (χ0) is 22.2. The summed E-state index contributed by atoms with van der Waals surface area (Å²) in [4.78, 5) is 28.2. The van der Waals surface area contributed by atoms with E-state index in [1.165, 1.54) is 6.07 Å². The van der Waals surface area contributed by atoms with E-state index in [-0.39, 0.29) is 29.0 Å². The molecule has 0 bridgehead atoms. The zero-order valence-electron chi connectivity index (χ0n) is 18.5. The Labute approximate surface area is 189 Å². The van der Waals surface area contributed by atoms with Crippen molar-refractivity contribution in [1.82, 2.24) is 10.2 Å². The van der Waals surface area contributed by atoms with E-state index in [0.29, 0.717) is 31.6 Å². The quantitative estimate of drug-likeness (QED) is 0.771. The van der Waals surface area contributed by atoms with Crippen LogP contribution in [-0.2, 0) is 15.0 Å². The lowest BCUT2D eigenvalue weighted by Crippen LogP contribution is -2.55. The van der Waals surface area contributed by atoms with Crippen molar-refractivity contribution in [2.75, 3.05) is 19.6 Å². The monoisotopic (exact) mass is 434 g/mol. The number of nitrogens with one attached hydrogen (secondary N) is 1. The van der Waals surface area contributed by atoms with Crippen molar-refractivity contribution in [3.8, 4) is 0 Å². The first-order valence-electron chi connectivity index (χ1n) is 11.9. The van der Waals surface area contributed by atoms with Crippen LogP contribution in [-0.4, -0.2) is 36.3 Å². The molecular formula is C27H31FN2O2. The molecule has 1 saturated carbocycles. The Morgan fingerprint density at radius 3 is 2.28 bits per heavy atom. The third-order valence-electron chi connectivity index (χ3n) is 8.28. The highest BCUT2D eigenvalue weighted by atomic mass is 19.1. The van der Waals surface area contributed by atoms with Gasteiger partial charge >= 0.3 is 0 Å². The van der Waals surface area contributed by atoms with E-state index in [4.69, 9.17) is 0 Å². The van der Waals surface area contributed by atoms with Gasteiger partial charge in [0, 0.05) is 32.0 Å². The van der Waals surface area contributed by atoms with Crippen molar-refractivity contribution in [3.05, 3.63) is 71.5 Å². The lowest BCUT2D eigenvalue weighted by Gasteiger charge is -2.50. The number of hydrogen-bond donors (Lipinski definition) is 1. The Bertz CT molecular complexity index is 992. The van der Waals surface area contributed by atoms with Gasteiger partial charge in [-0.2, -0.15) is 0 Å². The number of nitrogens with zero attached hydrogens (tertiary/aromatic N) is 1. The fourth-order valence-electron chi connectivity index (χ4n) is 6.48. The normalized spacial score (nSPS) is 24.3. The average molecular weight is 435 g/mol. The standard InChI is InChI=1S/C27H31FN2O2/c28-23-11-5-4-10-21(23)22-19-29-24(31)18-26(22)14-16-30(17-15-26)25(32)27(12-6-7-13-27)20-8-2-1-3-9-20/h1-5,8-11,22H,6-7,12-19H2,(H,29,31). The molecule has 3 fully saturated rings. The van der Waals surface area contributed by atoms with Gasteiger partial charge < -0.3 is 10.2 Å². The van der Waals surface area contributed by atoms with Gasteiger partial charge in [0.25, 0.3) is 0 Å². The van der Waals surface area contributed by atoms with E-state index in [1.807, 2.05) is 35.2 Å². The minimum atomic E-state index is -0.416. The molecule has 2 amide bonds. The predicted molar refractivity (Wildman–Crippen MR) is 122 cm³/mol. The third kappa shape index (κ3) is 3.52. The van der Waals surface area contributed by atoms with Gasteiger partial charge in [-0.3, -0.25) is 9.59 Å². The van der Waals surface area contributed by atoms with Gasteiger partial charge in [0.2, 0.25) is 11.8 Å². The molecular weight excluding hydrogens is 403 g/mol. The van der Waals surface area contributed by atoms with E-state index in [2.05, 4.69) is 17.4 Å². The number of carbonyl (C=O) groups excluding carboxylic acids is 2. The minimum Gasteiger partial charge on any atom is -0.355 e. The number of benzene rings is 2. The van der Waals surface area contributed by atoms with Crippen molar-refractivity contribution >= 4 is 11.8 Å². The Kier molecular flexibility index (Phi) is 5.52. The smallest absolute Gasteiger partial charge is 0.233 e. The van der Waals surface area contributed by atoms with Crippen LogP contribution in [0.4, 0.5) is 4.39 Å². The van der Waals surface area contributed by atoms with E-state index in [9.17, 15) is 14.0 Å². The molecule has 2 aromatic carbocycles. The first kappa shape index (κ1) is 21.2. The van der Waals surface area contributed by atoms with Gasteiger partial charge in [-0.1, -0.05) is 61.4 Å². The number of amides is 2. The van der Waals surface area contributed by atoms with Crippen molar-refractivity contribution in [2.45, 2.75) is 56.3 Å².